The van der Waals surface area contributed by atoms with Gasteiger partial charge in [-0.2, -0.15) is 5.26 Å². The second kappa shape index (κ2) is 6.35. The van der Waals surface area contributed by atoms with Crippen LogP contribution in [0.25, 0.3) is 11.6 Å². The van der Waals surface area contributed by atoms with E-state index in [0.717, 1.165) is 11.3 Å². The summed E-state index contributed by atoms with van der Waals surface area (Å²) in [6, 6.07) is 15.3. The predicted molar refractivity (Wildman–Crippen MR) is 79.6 cm³/mol. The molecular formula is C16H12N2O3. The van der Waals surface area contributed by atoms with Gasteiger partial charge in [-0.1, -0.05) is 24.3 Å². The van der Waals surface area contributed by atoms with Gasteiger partial charge in [0.25, 0.3) is 5.69 Å². The van der Waals surface area contributed by atoms with Crippen molar-refractivity contribution in [3.05, 3.63) is 69.8 Å². The van der Waals surface area contributed by atoms with Gasteiger partial charge in [0.2, 0.25) is 0 Å². The van der Waals surface area contributed by atoms with Crippen molar-refractivity contribution in [2.24, 2.45) is 0 Å². The van der Waals surface area contributed by atoms with E-state index in [1.165, 1.54) is 12.1 Å². The number of methoxy groups -OCH3 is 1. The van der Waals surface area contributed by atoms with Crippen molar-refractivity contribution in [2.45, 2.75) is 0 Å². The van der Waals surface area contributed by atoms with Gasteiger partial charge in [-0.3, -0.25) is 10.1 Å². The first-order valence-electron chi connectivity index (χ1n) is 6.14. The molecule has 0 spiro atoms. The molecule has 0 saturated heterocycles. The molecule has 0 fully saturated rings. The minimum Gasteiger partial charge on any atom is -0.497 e. The maximum Gasteiger partial charge on any atom is 0.270 e. The number of nitro groups is 1. The smallest absolute Gasteiger partial charge is 0.270 e. The van der Waals surface area contributed by atoms with Crippen LogP contribution in [0.4, 0.5) is 5.69 Å². The van der Waals surface area contributed by atoms with Crippen molar-refractivity contribution >= 4 is 17.3 Å². The van der Waals surface area contributed by atoms with Crippen LogP contribution in [-0.2, 0) is 0 Å². The lowest BCUT2D eigenvalue weighted by Crippen LogP contribution is -1.89. The summed E-state index contributed by atoms with van der Waals surface area (Å²) in [7, 11) is 1.58. The normalized spacial score (nSPS) is 10.8. The number of ether oxygens (including phenoxy) is 1. The molecule has 0 aliphatic rings. The summed E-state index contributed by atoms with van der Waals surface area (Å²) in [6.07, 6.45) is 1.68. The third-order valence-electron chi connectivity index (χ3n) is 2.92. The lowest BCUT2D eigenvalue weighted by atomic mass is 10.0. The Balaban J connectivity index is 2.38. The van der Waals surface area contributed by atoms with E-state index in [1.54, 1.807) is 37.5 Å². The van der Waals surface area contributed by atoms with E-state index in [4.69, 9.17) is 4.74 Å². The quantitative estimate of drug-likeness (QED) is 0.370. The van der Waals surface area contributed by atoms with Gasteiger partial charge in [0.1, 0.15) is 5.75 Å². The number of non-ortho nitro benzene ring substituents is 1. The molecule has 0 saturated carbocycles. The highest BCUT2D eigenvalue weighted by molar-refractivity contribution is 5.90. The fourth-order valence-electron chi connectivity index (χ4n) is 1.83. The molecule has 104 valence electrons. The molecule has 5 heteroatoms. The molecule has 5 nitrogen and oxygen atoms in total. The molecule has 2 aromatic rings. The van der Waals surface area contributed by atoms with Crippen molar-refractivity contribution in [1.29, 1.82) is 5.26 Å². The van der Waals surface area contributed by atoms with Gasteiger partial charge in [0.15, 0.2) is 0 Å². The van der Waals surface area contributed by atoms with Gasteiger partial charge in [-0.05, 0) is 29.3 Å². The highest BCUT2D eigenvalue weighted by atomic mass is 16.6. The van der Waals surface area contributed by atoms with Crippen molar-refractivity contribution in [3.8, 4) is 11.8 Å². The van der Waals surface area contributed by atoms with Crippen molar-refractivity contribution in [3.63, 3.8) is 0 Å². The minimum atomic E-state index is -0.480. The van der Waals surface area contributed by atoms with Crippen LogP contribution in [0.2, 0.25) is 0 Å². The number of nitro benzene ring substituents is 1. The van der Waals surface area contributed by atoms with Gasteiger partial charge in [-0.15, -0.1) is 0 Å². The zero-order valence-electron chi connectivity index (χ0n) is 11.3. The van der Waals surface area contributed by atoms with Crippen LogP contribution < -0.4 is 4.74 Å². The molecular weight excluding hydrogens is 268 g/mol. The Kier molecular flexibility index (Phi) is 4.32. The number of hydrogen-bond acceptors (Lipinski definition) is 4. The zero-order valence-corrected chi connectivity index (χ0v) is 11.3. The second-order valence-electron chi connectivity index (χ2n) is 4.25. The standard InChI is InChI=1S/C16H12N2O3/c1-21-16-7-5-12(6-8-16)9-14(11-17)13-3-2-4-15(10-13)18(19)20/h2-10H,1H3. The zero-order chi connectivity index (χ0) is 15.2. The number of allylic oxidation sites excluding steroid dienone is 1. The summed E-state index contributed by atoms with van der Waals surface area (Å²) in [5.41, 5.74) is 1.66. The van der Waals surface area contributed by atoms with Crippen LogP contribution in [0, 0.1) is 21.4 Å². The lowest BCUT2D eigenvalue weighted by molar-refractivity contribution is -0.384. The Hall–Kier alpha value is -3.13. The summed E-state index contributed by atoms with van der Waals surface area (Å²) in [6.45, 7) is 0. The molecule has 2 rings (SSSR count). The van der Waals surface area contributed by atoms with E-state index in [9.17, 15) is 15.4 Å². The average molecular weight is 280 g/mol. The molecule has 0 heterocycles. The van der Waals surface area contributed by atoms with Crippen LogP contribution >= 0.6 is 0 Å². The number of nitriles is 1. The SMILES string of the molecule is COc1ccc(C=C(C#N)c2cccc([N+](=O)[O-])c2)cc1. The molecule has 0 amide bonds. The molecule has 21 heavy (non-hydrogen) atoms. The van der Waals surface area contributed by atoms with Gasteiger partial charge >= 0.3 is 0 Å². The molecule has 0 aliphatic heterocycles. The van der Waals surface area contributed by atoms with Crippen molar-refractivity contribution < 1.29 is 9.66 Å². The highest BCUT2D eigenvalue weighted by Crippen LogP contribution is 2.22. The monoisotopic (exact) mass is 280 g/mol. The van der Waals surface area contributed by atoms with Crippen LogP contribution in [0.1, 0.15) is 11.1 Å². The number of rotatable bonds is 4. The van der Waals surface area contributed by atoms with Crippen LogP contribution in [0.15, 0.2) is 48.5 Å². The first-order chi connectivity index (χ1) is 10.1. The molecule has 0 unspecified atom stereocenters. The van der Waals surface area contributed by atoms with Crippen LogP contribution in [0.5, 0.6) is 5.75 Å². The van der Waals surface area contributed by atoms with E-state index in [2.05, 4.69) is 6.07 Å². The molecule has 0 aromatic heterocycles. The third-order valence-corrected chi connectivity index (χ3v) is 2.92. The molecule has 0 radical (unpaired) electrons. The van der Waals surface area contributed by atoms with Crippen molar-refractivity contribution in [1.82, 2.24) is 0 Å². The molecule has 0 bridgehead atoms. The highest BCUT2D eigenvalue weighted by Gasteiger charge is 2.08. The molecule has 0 N–H and O–H groups in total. The summed E-state index contributed by atoms with van der Waals surface area (Å²) < 4.78 is 5.07. The van der Waals surface area contributed by atoms with Crippen LogP contribution in [-0.4, -0.2) is 12.0 Å². The van der Waals surface area contributed by atoms with Crippen LogP contribution in [0.3, 0.4) is 0 Å². The summed E-state index contributed by atoms with van der Waals surface area (Å²) >= 11 is 0. The van der Waals surface area contributed by atoms with E-state index < -0.39 is 4.92 Å². The van der Waals surface area contributed by atoms with Gasteiger partial charge in [0.05, 0.1) is 23.7 Å². The third kappa shape index (κ3) is 3.45. The van der Waals surface area contributed by atoms with Gasteiger partial charge in [-0.25, -0.2) is 0 Å². The molecule has 0 aliphatic carbocycles. The maximum absolute atomic E-state index is 10.8. The van der Waals surface area contributed by atoms with Crippen molar-refractivity contribution in [2.75, 3.05) is 7.11 Å². The fourth-order valence-corrected chi connectivity index (χ4v) is 1.83. The molecule has 2 aromatic carbocycles. The van der Waals surface area contributed by atoms with E-state index in [1.807, 2.05) is 12.1 Å². The first-order valence-corrected chi connectivity index (χ1v) is 6.14. The van der Waals surface area contributed by atoms with Gasteiger partial charge in [0, 0.05) is 12.1 Å². The Morgan fingerprint density at radius 2 is 2.00 bits per heavy atom. The molecule has 0 atom stereocenters. The second-order valence-corrected chi connectivity index (χ2v) is 4.25. The summed E-state index contributed by atoms with van der Waals surface area (Å²) in [4.78, 5) is 10.3. The maximum atomic E-state index is 10.8. The van der Waals surface area contributed by atoms with Gasteiger partial charge < -0.3 is 4.74 Å². The predicted octanol–water partition coefficient (Wildman–Crippen LogP) is 3.67. The van der Waals surface area contributed by atoms with E-state index in [-0.39, 0.29) is 5.69 Å². The number of hydrogen-bond donors (Lipinski definition) is 0. The Morgan fingerprint density at radius 1 is 1.29 bits per heavy atom. The summed E-state index contributed by atoms with van der Waals surface area (Å²) in [5.74, 6) is 0.723. The topological polar surface area (TPSA) is 76.2 Å². The number of nitrogens with zero attached hydrogens (tertiary/aromatic N) is 2. The Bertz CT molecular complexity index is 728. The number of benzene rings is 2. The van der Waals surface area contributed by atoms with E-state index in [0.29, 0.717) is 11.1 Å². The Labute approximate surface area is 121 Å². The first kappa shape index (κ1) is 14.3. The summed E-state index contributed by atoms with van der Waals surface area (Å²) in [5, 5.41) is 20.0. The lowest BCUT2D eigenvalue weighted by Gasteiger charge is -2.02. The fraction of sp³-hybridized carbons (Fsp3) is 0.0625. The van der Waals surface area contributed by atoms with E-state index >= 15 is 0 Å². The minimum absolute atomic E-state index is 0.0385. The average Bonchev–Trinajstić information content (AvgIpc) is 2.53. The Morgan fingerprint density at radius 3 is 2.57 bits per heavy atom. The largest absolute Gasteiger partial charge is 0.497 e.